The van der Waals surface area contributed by atoms with Gasteiger partial charge in [0.2, 0.25) is 0 Å². The lowest BCUT2D eigenvalue weighted by Gasteiger charge is -2.28. The van der Waals surface area contributed by atoms with Gasteiger partial charge in [0.15, 0.2) is 0 Å². The van der Waals surface area contributed by atoms with E-state index in [4.69, 9.17) is 0 Å². The highest BCUT2D eigenvalue weighted by Crippen LogP contribution is 2.37. The Labute approximate surface area is 129 Å². The fourth-order valence-corrected chi connectivity index (χ4v) is 3.60. The van der Waals surface area contributed by atoms with Crippen LogP contribution in [0.1, 0.15) is 56.1 Å². The van der Waals surface area contributed by atoms with Crippen molar-refractivity contribution in [2.45, 2.75) is 51.9 Å². The first kappa shape index (κ1) is 14.4. The van der Waals surface area contributed by atoms with Crippen molar-refractivity contribution in [1.82, 2.24) is 0 Å². The van der Waals surface area contributed by atoms with E-state index in [2.05, 4.69) is 62.4 Å². The summed E-state index contributed by atoms with van der Waals surface area (Å²) in [4.78, 5) is 0. The minimum atomic E-state index is 0.792. The number of benzene rings is 2. The topological polar surface area (TPSA) is 0 Å². The third-order valence-corrected chi connectivity index (χ3v) is 5.19. The van der Waals surface area contributed by atoms with Crippen molar-refractivity contribution in [3.8, 4) is 11.1 Å². The molecule has 1 aliphatic rings. The van der Waals surface area contributed by atoms with Crippen molar-refractivity contribution in [3.05, 3.63) is 59.7 Å². The normalized spacial score (nSPS) is 22.2. The molecule has 0 nitrogen and oxygen atoms in total. The van der Waals surface area contributed by atoms with E-state index in [1.165, 1.54) is 48.8 Å². The number of aryl methyl sites for hydroxylation is 1. The second-order valence-electron chi connectivity index (χ2n) is 6.61. The second-order valence-corrected chi connectivity index (χ2v) is 6.61. The lowest BCUT2D eigenvalue weighted by atomic mass is 9.77. The lowest BCUT2D eigenvalue weighted by Crippen LogP contribution is -2.12. The van der Waals surface area contributed by atoms with Crippen LogP contribution in [0.2, 0.25) is 0 Å². The fraction of sp³-hybridized carbons (Fsp3) is 0.429. The van der Waals surface area contributed by atoms with E-state index in [9.17, 15) is 0 Å². The predicted molar refractivity (Wildman–Crippen MR) is 91.6 cm³/mol. The third-order valence-electron chi connectivity index (χ3n) is 5.19. The van der Waals surface area contributed by atoms with E-state index in [0.29, 0.717) is 0 Å². The zero-order valence-electron chi connectivity index (χ0n) is 13.3. The molecule has 0 N–H and O–H groups in total. The molecule has 1 fully saturated rings. The molecule has 0 atom stereocenters. The highest BCUT2D eigenvalue weighted by molar-refractivity contribution is 5.64. The highest BCUT2D eigenvalue weighted by atomic mass is 14.3. The summed E-state index contributed by atoms with van der Waals surface area (Å²) in [5.41, 5.74) is 5.52. The van der Waals surface area contributed by atoms with Crippen LogP contribution in [0.25, 0.3) is 11.1 Å². The van der Waals surface area contributed by atoms with Gasteiger partial charge in [0.25, 0.3) is 0 Å². The van der Waals surface area contributed by atoms with Crippen molar-refractivity contribution >= 4 is 0 Å². The molecular weight excluding hydrogens is 252 g/mol. The van der Waals surface area contributed by atoms with E-state index >= 15 is 0 Å². The fourth-order valence-electron chi connectivity index (χ4n) is 3.60. The molecule has 110 valence electrons. The lowest BCUT2D eigenvalue weighted by molar-refractivity contribution is 0.319. The maximum Gasteiger partial charge on any atom is -0.0162 e. The van der Waals surface area contributed by atoms with Crippen LogP contribution in [0.5, 0.6) is 0 Å². The maximum absolute atomic E-state index is 2.35. The summed E-state index contributed by atoms with van der Waals surface area (Å²) < 4.78 is 0. The van der Waals surface area contributed by atoms with Crippen LogP contribution in [-0.4, -0.2) is 0 Å². The summed E-state index contributed by atoms with van der Waals surface area (Å²) in [6.07, 6.45) is 6.95. The summed E-state index contributed by atoms with van der Waals surface area (Å²) in [6.45, 7) is 4.47. The molecule has 2 aromatic carbocycles. The van der Waals surface area contributed by atoms with E-state index < -0.39 is 0 Å². The quantitative estimate of drug-likeness (QED) is 0.614. The van der Waals surface area contributed by atoms with Gasteiger partial charge in [0, 0.05) is 0 Å². The van der Waals surface area contributed by atoms with Gasteiger partial charge in [-0.2, -0.15) is 0 Å². The van der Waals surface area contributed by atoms with Crippen molar-refractivity contribution < 1.29 is 0 Å². The minimum absolute atomic E-state index is 0.792. The number of rotatable bonds is 3. The van der Waals surface area contributed by atoms with Crippen molar-refractivity contribution in [3.63, 3.8) is 0 Å². The number of hydrogen-bond donors (Lipinski definition) is 0. The minimum Gasteiger partial charge on any atom is -0.0651 e. The molecule has 0 radical (unpaired) electrons. The van der Waals surface area contributed by atoms with E-state index in [-0.39, 0.29) is 0 Å². The van der Waals surface area contributed by atoms with Gasteiger partial charge in [-0.25, -0.2) is 0 Å². The largest absolute Gasteiger partial charge is 0.0651 e. The highest BCUT2D eigenvalue weighted by Gasteiger charge is 2.21. The van der Waals surface area contributed by atoms with Crippen molar-refractivity contribution in [2.75, 3.05) is 0 Å². The molecule has 1 saturated carbocycles. The first-order valence-electron chi connectivity index (χ1n) is 8.43. The molecule has 0 heteroatoms. The number of hydrogen-bond acceptors (Lipinski definition) is 0. The molecule has 21 heavy (non-hydrogen) atoms. The van der Waals surface area contributed by atoms with Gasteiger partial charge >= 0.3 is 0 Å². The van der Waals surface area contributed by atoms with Crippen LogP contribution in [-0.2, 0) is 0 Å². The third kappa shape index (κ3) is 3.37. The molecule has 0 aliphatic heterocycles. The molecule has 0 heterocycles. The molecule has 2 aromatic rings. The average Bonchev–Trinajstić information content (AvgIpc) is 2.56. The van der Waals surface area contributed by atoms with Gasteiger partial charge in [-0.1, -0.05) is 67.4 Å². The molecule has 0 saturated heterocycles. The molecule has 1 aliphatic carbocycles. The Hall–Kier alpha value is -1.56. The Balaban J connectivity index is 1.71. The second kappa shape index (κ2) is 6.47. The van der Waals surface area contributed by atoms with Crippen molar-refractivity contribution in [1.29, 1.82) is 0 Å². The zero-order valence-corrected chi connectivity index (χ0v) is 13.3. The Morgan fingerprint density at radius 2 is 1.29 bits per heavy atom. The van der Waals surface area contributed by atoms with Crippen LogP contribution in [0.4, 0.5) is 0 Å². The van der Waals surface area contributed by atoms with Crippen LogP contribution in [0.15, 0.2) is 48.5 Å². The van der Waals surface area contributed by atoms with Gasteiger partial charge in [-0.3, -0.25) is 0 Å². The van der Waals surface area contributed by atoms with Crippen LogP contribution < -0.4 is 0 Å². The Morgan fingerprint density at radius 3 is 1.81 bits per heavy atom. The summed E-state index contributed by atoms with van der Waals surface area (Å²) in [6, 6.07) is 18.1. The predicted octanol–water partition coefficient (Wildman–Crippen LogP) is 6.35. The molecule has 3 rings (SSSR count). The smallest absolute Gasteiger partial charge is 0.0162 e. The summed E-state index contributed by atoms with van der Waals surface area (Å²) in [5, 5.41) is 0. The Kier molecular flexibility index (Phi) is 4.43. The summed E-state index contributed by atoms with van der Waals surface area (Å²) in [7, 11) is 0. The molecular formula is C21H26. The van der Waals surface area contributed by atoms with Crippen LogP contribution in [0, 0.1) is 12.8 Å². The Morgan fingerprint density at radius 1 is 0.762 bits per heavy atom. The summed E-state index contributed by atoms with van der Waals surface area (Å²) >= 11 is 0. The first-order valence-corrected chi connectivity index (χ1v) is 8.43. The van der Waals surface area contributed by atoms with Gasteiger partial charge < -0.3 is 0 Å². The van der Waals surface area contributed by atoms with Gasteiger partial charge in [-0.15, -0.1) is 0 Å². The molecule has 0 bridgehead atoms. The van der Waals surface area contributed by atoms with Gasteiger partial charge in [0.05, 0.1) is 0 Å². The van der Waals surface area contributed by atoms with Crippen LogP contribution >= 0.6 is 0 Å². The van der Waals surface area contributed by atoms with Crippen molar-refractivity contribution in [2.24, 2.45) is 5.92 Å². The summed E-state index contributed by atoms with van der Waals surface area (Å²) in [5.74, 6) is 1.77. The standard InChI is InChI=1S/C21H26/c1-3-17-6-10-19(11-7-17)21-14-12-20(13-15-21)18-8-4-16(2)5-9-18/h4-5,8-9,12-15,17,19H,3,6-7,10-11H2,1-2H3. The average molecular weight is 278 g/mol. The van der Waals surface area contributed by atoms with E-state index in [1.54, 1.807) is 5.56 Å². The SMILES string of the molecule is CCC1CCC(c2ccc(-c3ccc(C)cc3)cc2)CC1. The Bertz CT molecular complexity index is 554. The van der Waals surface area contributed by atoms with E-state index in [0.717, 1.165) is 11.8 Å². The van der Waals surface area contributed by atoms with Crippen LogP contribution in [0.3, 0.4) is 0 Å². The zero-order chi connectivity index (χ0) is 14.7. The van der Waals surface area contributed by atoms with E-state index in [1.807, 2.05) is 0 Å². The molecule has 0 aromatic heterocycles. The molecule has 0 spiro atoms. The first-order chi connectivity index (χ1) is 10.3. The maximum atomic E-state index is 2.35. The molecule has 0 amide bonds. The monoisotopic (exact) mass is 278 g/mol. The molecule has 0 unspecified atom stereocenters. The van der Waals surface area contributed by atoms with Gasteiger partial charge in [-0.05, 0) is 61.1 Å². The van der Waals surface area contributed by atoms with Gasteiger partial charge in [0.1, 0.15) is 0 Å².